The summed E-state index contributed by atoms with van der Waals surface area (Å²) in [4.78, 5) is 23.4. The Bertz CT molecular complexity index is 569. The van der Waals surface area contributed by atoms with E-state index in [0.717, 1.165) is 0 Å². The van der Waals surface area contributed by atoms with E-state index in [0.29, 0.717) is 5.02 Å². The van der Waals surface area contributed by atoms with Gasteiger partial charge in [-0.2, -0.15) is 0 Å². The van der Waals surface area contributed by atoms with Crippen LogP contribution in [0, 0.1) is 0 Å². The maximum absolute atomic E-state index is 12.4. The third kappa shape index (κ3) is 4.59. The van der Waals surface area contributed by atoms with Crippen LogP contribution in [-0.4, -0.2) is 22.6 Å². The smallest absolute Gasteiger partial charge is 0.331 e. The van der Waals surface area contributed by atoms with Crippen molar-refractivity contribution in [2.45, 2.75) is 38.3 Å². The maximum atomic E-state index is 12.4. The number of hydrogen-bond donors (Lipinski definition) is 2. The van der Waals surface area contributed by atoms with E-state index in [1.165, 1.54) is 18.2 Å². The van der Waals surface area contributed by atoms with Crippen LogP contribution in [0.3, 0.4) is 0 Å². The lowest BCUT2D eigenvalue weighted by molar-refractivity contribution is -0.165. The van der Waals surface area contributed by atoms with Gasteiger partial charge in [0.2, 0.25) is 0 Å². The third-order valence-corrected chi connectivity index (χ3v) is 3.15. The lowest BCUT2D eigenvalue weighted by Crippen LogP contribution is -2.50. The number of benzene rings is 1. The summed E-state index contributed by atoms with van der Waals surface area (Å²) in [6.45, 7) is 4.99. The molecule has 0 radical (unpaired) electrons. The number of nitrogens with two attached hydrogens (primary N) is 1. The van der Waals surface area contributed by atoms with Gasteiger partial charge in [-0.15, -0.1) is 0 Å². The Kier molecular flexibility index (Phi) is 5.25. The minimum Gasteiger partial charge on any atom is -0.481 e. The second-order valence-electron chi connectivity index (χ2n) is 5.67. The number of ether oxygens (including phenoxy) is 1. The topological polar surface area (TPSA) is 89.6 Å². The molecule has 1 aromatic carbocycles. The predicted octanol–water partition coefficient (Wildman–Crippen LogP) is 2.96. The molecule has 7 heteroatoms. The normalized spacial score (nSPS) is 14.4. The Hall–Kier alpha value is -1.30. The van der Waals surface area contributed by atoms with E-state index in [1.54, 1.807) is 20.8 Å². The summed E-state index contributed by atoms with van der Waals surface area (Å²) in [6, 6.07) is 4.31. The van der Waals surface area contributed by atoms with Gasteiger partial charge in [-0.3, -0.25) is 4.79 Å². The van der Waals surface area contributed by atoms with E-state index in [9.17, 15) is 9.59 Å². The fraction of sp³-hybridized carbons (Fsp3) is 0.429. The summed E-state index contributed by atoms with van der Waals surface area (Å²) in [6.07, 6.45) is -0.650. The first-order chi connectivity index (χ1) is 9.45. The molecule has 21 heavy (non-hydrogen) atoms. The van der Waals surface area contributed by atoms with Crippen molar-refractivity contribution in [3.63, 3.8) is 0 Å². The van der Waals surface area contributed by atoms with E-state index in [2.05, 4.69) is 0 Å². The predicted molar refractivity (Wildman–Crippen MR) is 80.4 cm³/mol. The molecule has 5 nitrogen and oxygen atoms in total. The summed E-state index contributed by atoms with van der Waals surface area (Å²) in [7, 11) is 0. The molecule has 0 heterocycles. The van der Waals surface area contributed by atoms with Crippen LogP contribution < -0.4 is 5.73 Å². The Balaban J connectivity index is 3.32. The van der Waals surface area contributed by atoms with Crippen molar-refractivity contribution in [2.75, 3.05) is 0 Å². The highest BCUT2D eigenvalue weighted by molar-refractivity contribution is 6.35. The van der Waals surface area contributed by atoms with E-state index in [1.807, 2.05) is 0 Å². The standard InChI is InChI=1S/C14H17Cl2NO4/c1-13(2,3)21-12(20)14(17,7-11(18)19)9-5-4-8(15)6-10(9)16/h4-6H,7,17H2,1-3H3,(H,18,19). The highest BCUT2D eigenvalue weighted by Crippen LogP contribution is 2.33. The van der Waals surface area contributed by atoms with Crippen LogP contribution in [0.25, 0.3) is 0 Å². The van der Waals surface area contributed by atoms with Gasteiger partial charge in [0.25, 0.3) is 0 Å². The minimum atomic E-state index is -1.89. The van der Waals surface area contributed by atoms with Gasteiger partial charge in [0.05, 0.1) is 6.42 Å². The van der Waals surface area contributed by atoms with Crippen LogP contribution >= 0.6 is 23.2 Å². The number of carboxylic acids is 1. The zero-order valence-electron chi connectivity index (χ0n) is 11.9. The molecule has 0 saturated carbocycles. The molecule has 116 valence electrons. The van der Waals surface area contributed by atoms with E-state index < -0.39 is 29.5 Å². The lowest BCUT2D eigenvalue weighted by Gasteiger charge is -2.31. The number of carbonyl (C=O) groups excluding carboxylic acids is 1. The molecule has 0 spiro atoms. The first-order valence-corrected chi connectivity index (χ1v) is 6.91. The molecule has 0 aliphatic carbocycles. The van der Waals surface area contributed by atoms with Crippen LogP contribution in [0.4, 0.5) is 0 Å². The van der Waals surface area contributed by atoms with E-state index in [-0.39, 0.29) is 10.6 Å². The van der Waals surface area contributed by atoms with Crippen molar-refractivity contribution in [1.29, 1.82) is 0 Å². The highest BCUT2D eigenvalue weighted by atomic mass is 35.5. The van der Waals surface area contributed by atoms with E-state index >= 15 is 0 Å². The second kappa shape index (κ2) is 6.22. The molecule has 1 rings (SSSR count). The number of carbonyl (C=O) groups is 2. The number of carboxylic acid groups (broad SMARTS) is 1. The van der Waals surface area contributed by atoms with Crippen molar-refractivity contribution >= 4 is 35.1 Å². The molecule has 0 aromatic heterocycles. The number of aliphatic carboxylic acids is 1. The first kappa shape index (κ1) is 17.8. The van der Waals surface area contributed by atoms with Gasteiger partial charge < -0.3 is 15.6 Å². The second-order valence-corrected chi connectivity index (χ2v) is 6.51. The van der Waals surface area contributed by atoms with Gasteiger partial charge in [-0.25, -0.2) is 4.79 Å². The monoisotopic (exact) mass is 333 g/mol. The van der Waals surface area contributed by atoms with Crippen LogP contribution in [0.1, 0.15) is 32.8 Å². The fourth-order valence-corrected chi connectivity index (χ4v) is 2.31. The molecular weight excluding hydrogens is 317 g/mol. The Morgan fingerprint density at radius 2 is 1.86 bits per heavy atom. The molecule has 0 aliphatic rings. The Morgan fingerprint density at radius 1 is 1.29 bits per heavy atom. The molecule has 3 N–H and O–H groups in total. The first-order valence-electron chi connectivity index (χ1n) is 6.15. The molecule has 1 atom stereocenters. The van der Waals surface area contributed by atoms with Gasteiger partial charge >= 0.3 is 11.9 Å². The minimum absolute atomic E-state index is 0.108. The summed E-state index contributed by atoms with van der Waals surface area (Å²) in [5.74, 6) is -2.10. The molecule has 1 unspecified atom stereocenters. The maximum Gasteiger partial charge on any atom is 0.331 e. The zero-order valence-corrected chi connectivity index (χ0v) is 13.5. The van der Waals surface area contributed by atoms with Crippen LogP contribution in [0.5, 0.6) is 0 Å². The SMILES string of the molecule is CC(C)(C)OC(=O)C(N)(CC(=O)O)c1ccc(Cl)cc1Cl. The molecule has 0 fully saturated rings. The van der Waals surface area contributed by atoms with E-state index in [4.69, 9.17) is 38.8 Å². The molecule has 0 saturated heterocycles. The van der Waals surface area contributed by atoms with Crippen LogP contribution in [0.15, 0.2) is 18.2 Å². The zero-order chi connectivity index (χ0) is 16.4. The van der Waals surface area contributed by atoms with Crippen molar-refractivity contribution in [3.8, 4) is 0 Å². The third-order valence-electron chi connectivity index (χ3n) is 2.60. The summed E-state index contributed by atoms with van der Waals surface area (Å²) >= 11 is 11.8. The van der Waals surface area contributed by atoms with Crippen LogP contribution in [-0.2, 0) is 19.9 Å². The van der Waals surface area contributed by atoms with Crippen molar-refractivity contribution in [2.24, 2.45) is 5.73 Å². The molecule has 0 amide bonds. The number of esters is 1. The van der Waals surface area contributed by atoms with Crippen LogP contribution in [0.2, 0.25) is 10.0 Å². The number of rotatable bonds is 4. The fourth-order valence-electron chi connectivity index (χ4n) is 1.74. The van der Waals surface area contributed by atoms with Gasteiger partial charge in [-0.05, 0) is 32.9 Å². The van der Waals surface area contributed by atoms with Crippen molar-refractivity contribution in [1.82, 2.24) is 0 Å². The quantitative estimate of drug-likeness (QED) is 0.826. The lowest BCUT2D eigenvalue weighted by atomic mass is 9.87. The molecular formula is C14H17Cl2NO4. The average molecular weight is 334 g/mol. The molecule has 0 aliphatic heterocycles. The largest absolute Gasteiger partial charge is 0.481 e. The summed E-state index contributed by atoms with van der Waals surface area (Å²) in [5, 5.41) is 9.51. The Labute approximate surface area is 133 Å². The molecule has 1 aromatic rings. The van der Waals surface area contributed by atoms with Gasteiger partial charge in [0, 0.05) is 15.6 Å². The van der Waals surface area contributed by atoms with Gasteiger partial charge in [-0.1, -0.05) is 29.3 Å². The molecule has 0 bridgehead atoms. The van der Waals surface area contributed by atoms with Crippen molar-refractivity contribution in [3.05, 3.63) is 33.8 Å². The average Bonchev–Trinajstić information content (AvgIpc) is 2.24. The van der Waals surface area contributed by atoms with Crippen molar-refractivity contribution < 1.29 is 19.4 Å². The number of hydrogen-bond acceptors (Lipinski definition) is 4. The highest BCUT2D eigenvalue weighted by Gasteiger charge is 2.43. The number of halogens is 2. The Morgan fingerprint density at radius 3 is 2.29 bits per heavy atom. The summed E-state index contributed by atoms with van der Waals surface area (Å²) in [5.41, 5.74) is 3.50. The summed E-state index contributed by atoms with van der Waals surface area (Å²) < 4.78 is 5.22. The van der Waals surface area contributed by atoms with Gasteiger partial charge in [0.15, 0.2) is 5.54 Å². The van der Waals surface area contributed by atoms with Gasteiger partial charge in [0.1, 0.15) is 5.60 Å².